The molecule has 1 fully saturated rings. The fourth-order valence-corrected chi connectivity index (χ4v) is 2.87. The van der Waals surface area contributed by atoms with Crippen molar-refractivity contribution < 1.29 is 9.90 Å². The smallest absolute Gasteiger partial charge is 0.142 e. The molecule has 0 aromatic carbocycles. The van der Waals surface area contributed by atoms with E-state index in [1.165, 1.54) is 0 Å². The maximum atomic E-state index is 12.4. The molecule has 94 valence electrons. The van der Waals surface area contributed by atoms with E-state index in [1.807, 2.05) is 0 Å². The van der Waals surface area contributed by atoms with E-state index < -0.39 is 5.60 Å². The van der Waals surface area contributed by atoms with Crippen molar-refractivity contribution in [3.63, 3.8) is 0 Å². The summed E-state index contributed by atoms with van der Waals surface area (Å²) in [6.07, 6.45) is 2.88. The SMILES string of the molecule is CC(C)CC1C(=O)C(C(C)(C)O)CCC1C. The van der Waals surface area contributed by atoms with E-state index in [1.54, 1.807) is 13.8 Å². The highest BCUT2D eigenvalue weighted by Gasteiger charge is 2.42. The number of hydrogen-bond acceptors (Lipinski definition) is 2. The summed E-state index contributed by atoms with van der Waals surface area (Å²) in [5.74, 6) is 1.32. The fraction of sp³-hybridized carbons (Fsp3) is 0.929. The first-order chi connectivity index (χ1) is 7.23. The lowest BCUT2D eigenvalue weighted by atomic mass is 9.67. The predicted molar refractivity (Wildman–Crippen MR) is 66.1 cm³/mol. The topological polar surface area (TPSA) is 37.3 Å². The Bertz CT molecular complexity index is 250. The summed E-state index contributed by atoms with van der Waals surface area (Å²) in [7, 11) is 0. The lowest BCUT2D eigenvalue weighted by molar-refractivity contribution is -0.141. The van der Waals surface area contributed by atoms with Gasteiger partial charge in [0.25, 0.3) is 0 Å². The fourth-order valence-electron chi connectivity index (χ4n) is 2.87. The van der Waals surface area contributed by atoms with Crippen molar-refractivity contribution in [3.8, 4) is 0 Å². The molecule has 0 amide bonds. The van der Waals surface area contributed by atoms with Gasteiger partial charge in [0, 0.05) is 11.8 Å². The molecular weight excluding hydrogens is 200 g/mol. The third-order valence-electron chi connectivity index (χ3n) is 3.88. The summed E-state index contributed by atoms with van der Waals surface area (Å²) >= 11 is 0. The van der Waals surface area contributed by atoms with Crippen molar-refractivity contribution in [3.05, 3.63) is 0 Å². The van der Waals surface area contributed by atoms with Crippen LogP contribution in [0.3, 0.4) is 0 Å². The monoisotopic (exact) mass is 226 g/mol. The van der Waals surface area contributed by atoms with E-state index in [4.69, 9.17) is 0 Å². The molecule has 0 bridgehead atoms. The molecule has 0 aromatic rings. The number of carbonyl (C=O) groups is 1. The van der Waals surface area contributed by atoms with Crippen molar-refractivity contribution >= 4 is 5.78 Å². The van der Waals surface area contributed by atoms with E-state index in [9.17, 15) is 9.90 Å². The maximum absolute atomic E-state index is 12.4. The second-order valence-electron chi connectivity index (χ2n) is 6.40. The van der Waals surface area contributed by atoms with Crippen LogP contribution in [0.4, 0.5) is 0 Å². The highest BCUT2D eigenvalue weighted by molar-refractivity contribution is 5.85. The molecule has 1 aliphatic carbocycles. The number of ketones is 1. The summed E-state index contributed by atoms with van der Waals surface area (Å²) in [5.41, 5.74) is -0.855. The van der Waals surface area contributed by atoms with Crippen LogP contribution in [0.25, 0.3) is 0 Å². The molecule has 0 aromatic heterocycles. The minimum atomic E-state index is -0.855. The van der Waals surface area contributed by atoms with Crippen molar-refractivity contribution in [1.82, 2.24) is 0 Å². The molecule has 3 atom stereocenters. The lowest BCUT2D eigenvalue weighted by Crippen LogP contribution is -2.45. The van der Waals surface area contributed by atoms with Crippen LogP contribution >= 0.6 is 0 Å². The Labute approximate surface area is 99.4 Å². The second-order valence-corrected chi connectivity index (χ2v) is 6.40. The van der Waals surface area contributed by atoms with E-state index in [0.29, 0.717) is 17.6 Å². The normalized spacial score (nSPS) is 32.2. The van der Waals surface area contributed by atoms with Gasteiger partial charge in [-0.3, -0.25) is 4.79 Å². The molecule has 3 unspecified atom stereocenters. The van der Waals surface area contributed by atoms with Crippen molar-refractivity contribution in [2.75, 3.05) is 0 Å². The van der Waals surface area contributed by atoms with Gasteiger partial charge in [-0.1, -0.05) is 20.8 Å². The van der Waals surface area contributed by atoms with E-state index >= 15 is 0 Å². The van der Waals surface area contributed by atoms with Gasteiger partial charge in [0.1, 0.15) is 5.78 Å². The first kappa shape index (κ1) is 13.7. The van der Waals surface area contributed by atoms with Gasteiger partial charge in [0.05, 0.1) is 5.60 Å². The average molecular weight is 226 g/mol. The first-order valence-electron chi connectivity index (χ1n) is 6.49. The largest absolute Gasteiger partial charge is 0.390 e. The molecule has 0 aliphatic heterocycles. The minimum absolute atomic E-state index is 0.158. The second kappa shape index (κ2) is 4.87. The van der Waals surface area contributed by atoms with Crippen LogP contribution in [0.1, 0.15) is 53.9 Å². The van der Waals surface area contributed by atoms with Gasteiger partial charge < -0.3 is 5.11 Å². The molecule has 2 nitrogen and oxygen atoms in total. The zero-order valence-corrected chi connectivity index (χ0v) is 11.3. The van der Waals surface area contributed by atoms with E-state index in [0.717, 1.165) is 19.3 Å². The van der Waals surface area contributed by atoms with Gasteiger partial charge in [0.2, 0.25) is 0 Å². The van der Waals surface area contributed by atoms with Crippen LogP contribution in [0.15, 0.2) is 0 Å². The summed E-state index contributed by atoms with van der Waals surface area (Å²) in [6, 6.07) is 0. The molecule has 0 spiro atoms. The Morgan fingerprint density at radius 1 is 1.38 bits per heavy atom. The highest BCUT2D eigenvalue weighted by Crippen LogP contribution is 2.38. The lowest BCUT2D eigenvalue weighted by Gasteiger charge is -2.39. The summed E-state index contributed by atoms with van der Waals surface area (Å²) < 4.78 is 0. The molecule has 1 rings (SSSR count). The standard InChI is InChI=1S/C14H26O2/c1-9(2)8-11-10(3)6-7-12(13(11)15)14(4,5)16/h9-12,16H,6-8H2,1-5H3. The molecule has 0 saturated heterocycles. The Kier molecular flexibility index (Phi) is 4.17. The first-order valence-corrected chi connectivity index (χ1v) is 6.49. The number of hydrogen-bond donors (Lipinski definition) is 1. The summed E-state index contributed by atoms with van der Waals surface area (Å²) in [5, 5.41) is 10.0. The molecule has 1 aliphatic rings. The molecule has 1 saturated carbocycles. The van der Waals surface area contributed by atoms with Gasteiger partial charge >= 0.3 is 0 Å². The highest BCUT2D eigenvalue weighted by atomic mass is 16.3. The number of carbonyl (C=O) groups excluding carboxylic acids is 1. The molecule has 16 heavy (non-hydrogen) atoms. The zero-order chi connectivity index (χ0) is 12.5. The van der Waals surface area contributed by atoms with Crippen LogP contribution in [-0.2, 0) is 4.79 Å². The van der Waals surface area contributed by atoms with Gasteiger partial charge in [-0.2, -0.15) is 0 Å². The quantitative estimate of drug-likeness (QED) is 0.803. The molecule has 2 heteroatoms. The molecule has 1 N–H and O–H groups in total. The Hall–Kier alpha value is -0.370. The van der Waals surface area contributed by atoms with Crippen LogP contribution < -0.4 is 0 Å². The van der Waals surface area contributed by atoms with Crippen molar-refractivity contribution in [1.29, 1.82) is 0 Å². The van der Waals surface area contributed by atoms with E-state index in [-0.39, 0.29) is 11.8 Å². The third kappa shape index (κ3) is 3.07. The van der Waals surface area contributed by atoms with Crippen molar-refractivity contribution in [2.24, 2.45) is 23.7 Å². The van der Waals surface area contributed by atoms with Gasteiger partial charge in [-0.05, 0) is 44.9 Å². The van der Waals surface area contributed by atoms with Crippen molar-refractivity contribution in [2.45, 2.75) is 59.5 Å². The maximum Gasteiger partial charge on any atom is 0.142 e. The average Bonchev–Trinajstić information content (AvgIpc) is 2.09. The van der Waals surface area contributed by atoms with Crippen LogP contribution in [0.2, 0.25) is 0 Å². The number of rotatable bonds is 3. The summed E-state index contributed by atoms with van der Waals surface area (Å²) in [4.78, 5) is 12.4. The Balaban J connectivity index is 2.79. The Morgan fingerprint density at radius 3 is 2.38 bits per heavy atom. The minimum Gasteiger partial charge on any atom is -0.390 e. The zero-order valence-electron chi connectivity index (χ0n) is 11.3. The molecular formula is C14H26O2. The molecule has 0 heterocycles. The number of Topliss-reactive ketones (excluding diaryl/α,β-unsaturated/α-hetero) is 1. The Morgan fingerprint density at radius 2 is 1.94 bits per heavy atom. The summed E-state index contributed by atoms with van der Waals surface area (Å²) in [6.45, 7) is 10.0. The van der Waals surface area contributed by atoms with Crippen LogP contribution in [0.5, 0.6) is 0 Å². The van der Waals surface area contributed by atoms with Gasteiger partial charge in [-0.15, -0.1) is 0 Å². The predicted octanol–water partition coefficient (Wildman–Crippen LogP) is 3.03. The van der Waals surface area contributed by atoms with Crippen LogP contribution in [-0.4, -0.2) is 16.5 Å². The van der Waals surface area contributed by atoms with Crippen LogP contribution in [0, 0.1) is 23.7 Å². The van der Waals surface area contributed by atoms with Gasteiger partial charge in [0.15, 0.2) is 0 Å². The molecule has 0 radical (unpaired) electrons. The van der Waals surface area contributed by atoms with Gasteiger partial charge in [-0.25, -0.2) is 0 Å². The third-order valence-corrected chi connectivity index (χ3v) is 3.88. The van der Waals surface area contributed by atoms with E-state index in [2.05, 4.69) is 20.8 Å². The number of aliphatic hydroxyl groups is 1.